The second-order valence-electron chi connectivity index (χ2n) is 4.22. The maximum absolute atomic E-state index is 13.2. The second kappa shape index (κ2) is 4.60. The van der Waals surface area contributed by atoms with Gasteiger partial charge in [0.15, 0.2) is 11.0 Å². The van der Waals surface area contributed by atoms with Crippen molar-refractivity contribution in [3.63, 3.8) is 0 Å². The summed E-state index contributed by atoms with van der Waals surface area (Å²) in [7, 11) is 0. The fraction of sp³-hybridized carbons (Fsp3) is 0.600. The maximum Gasteiger partial charge on any atom is 0.250 e. The quantitative estimate of drug-likeness (QED) is 0.805. The second-order valence-corrected chi connectivity index (χ2v) is 4.58. The molecule has 0 aliphatic heterocycles. The normalized spacial score (nSPS) is 23.4. The van der Waals surface area contributed by atoms with Crippen LogP contribution in [0.2, 0.25) is 5.15 Å². The summed E-state index contributed by atoms with van der Waals surface area (Å²) in [6.45, 7) is 0. The molecule has 0 saturated heterocycles. The van der Waals surface area contributed by atoms with E-state index in [1.165, 1.54) is 6.33 Å². The van der Waals surface area contributed by atoms with Gasteiger partial charge in [-0.25, -0.2) is 18.7 Å². The molecule has 1 heterocycles. The third-order valence-electron chi connectivity index (χ3n) is 2.82. The topological polar surface area (TPSA) is 63.8 Å². The van der Waals surface area contributed by atoms with Gasteiger partial charge in [0.1, 0.15) is 12.0 Å². The first-order chi connectivity index (χ1) is 7.98. The largest absolute Gasteiger partial charge is 0.393 e. The highest BCUT2D eigenvalue weighted by molar-refractivity contribution is 6.32. The molecule has 2 rings (SSSR count). The van der Waals surface area contributed by atoms with E-state index in [-0.39, 0.29) is 29.7 Å². The van der Waals surface area contributed by atoms with E-state index >= 15 is 0 Å². The highest BCUT2D eigenvalue weighted by atomic mass is 35.5. The monoisotopic (exact) mass is 262 g/mol. The van der Waals surface area contributed by atoms with E-state index in [1.807, 2.05) is 0 Å². The van der Waals surface area contributed by atoms with Crippen molar-refractivity contribution in [3.8, 4) is 0 Å². The zero-order chi connectivity index (χ0) is 12.5. The molecule has 0 aromatic carbocycles. The van der Waals surface area contributed by atoms with Crippen molar-refractivity contribution >= 4 is 23.1 Å². The number of anilines is 2. The van der Waals surface area contributed by atoms with Crippen LogP contribution in [0.25, 0.3) is 0 Å². The molecule has 0 bridgehead atoms. The van der Waals surface area contributed by atoms with Crippen molar-refractivity contribution in [2.45, 2.75) is 37.6 Å². The first-order valence-corrected chi connectivity index (χ1v) is 5.76. The third kappa shape index (κ3) is 2.94. The Bertz CT molecular complexity index is 413. The van der Waals surface area contributed by atoms with Gasteiger partial charge in [-0.15, -0.1) is 0 Å². The molecule has 4 nitrogen and oxygen atoms in total. The van der Waals surface area contributed by atoms with Crippen LogP contribution in [-0.4, -0.2) is 21.9 Å². The molecule has 1 saturated carbocycles. The zero-order valence-electron chi connectivity index (χ0n) is 9.09. The minimum absolute atomic E-state index is 0.0504. The van der Waals surface area contributed by atoms with E-state index in [0.717, 1.165) is 0 Å². The van der Waals surface area contributed by atoms with Crippen LogP contribution in [-0.2, 0) is 0 Å². The van der Waals surface area contributed by atoms with Crippen LogP contribution in [0.1, 0.15) is 25.7 Å². The molecule has 1 atom stereocenters. The highest BCUT2D eigenvalue weighted by Gasteiger charge is 2.36. The van der Waals surface area contributed by atoms with E-state index in [1.54, 1.807) is 0 Å². The van der Waals surface area contributed by atoms with Gasteiger partial charge in [0, 0.05) is 18.9 Å². The molecule has 0 unspecified atom stereocenters. The van der Waals surface area contributed by atoms with E-state index in [2.05, 4.69) is 15.3 Å². The average Bonchev–Trinajstić information content (AvgIpc) is 2.23. The van der Waals surface area contributed by atoms with Gasteiger partial charge in [-0.1, -0.05) is 11.6 Å². The fourth-order valence-electron chi connectivity index (χ4n) is 1.98. The Labute approximate surface area is 103 Å². The number of nitrogens with zero attached hydrogens (tertiary/aromatic N) is 2. The summed E-state index contributed by atoms with van der Waals surface area (Å²) in [4.78, 5) is 7.61. The van der Waals surface area contributed by atoms with Crippen LogP contribution >= 0.6 is 11.6 Å². The van der Waals surface area contributed by atoms with Crippen molar-refractivity contribution in [2.24, 2.45) is 0 Å². The van der Waals surface area contributed by atoms with E-state index < -0.39 is 5.92 Å². The number of nitrogen functional groups attached to an aromatic ring is 1. The lowest BCUT2D eigenvalue weighted by Crippen LogP contribution is -2.34. The molecule has 1 aromatic rings. The first kappa shape index (κ1) is 12.3. The summed E-state index contributed by atoms with van der Waals surface area (Å²) in [5.41, 5.74) is 5.86. The third-order valence-corrected chi connectivity index (χ3v) is 3.12. The Morgan fingerprint density at radius 3 is 2.94 bits per heavy atom. The van der Waals surface area contributed by atoms with Crippen LogP contribution in [0.5, 0.6) is 0 Å². The van der Waals surface area contributed by atoms with Gasteiger partial charge in [0.2, 0.25) is 5.92 Å². The van der Waals surface area contributed by atoms with Crippen molar-refractivity contribution in [3.05, 3.63) is 11.5 Å². The summed E-state index contributed by atoms with van der Waals surface area (Å²) < 4.78 is 26.4. The molecule has 3 N–H and O–H groups in total. The zero-order valence-corrected chi connectivity index (χ0v) is 9.84. The average molecular weight is 263 g/mol. The lowest BCUT2D eigenvalue weighted by atomic mass is 9.92. The molecule has 1 aliphatic carbocycles. The Morgan fingerprint density at radius 2 is 2.24 bits per heavy atom. The van der Waals surface area contributed by atoms with Gasteiger partial charge in [0.25, 0.3) is 0 Å². The number of nitrogens with two attached hydrogens (primary N) is 1. The minimum Gasteiger partial charge on any atom is -0.393 e. The molecule has 1 aliphatic rings. The molecule has 17 heavy (non-hydrogen) atoms. The smallest absolute Gasteiger partial charge is 0.250 e. The standard InChI is InChI=1S/C10H13ClF2N4/c11-8-7(14)9(16-5-15-8)17-6-2-1-3-10(12,13)4-6/h5-6H,1-4,14H2,(H,15,16,17)/t6-/m0/s1. The lowest BCUT2D eigenvalue weighted by Gasteiger charge is -2.30. The minimum atomic E-state index is -2.61. The van der Waals surface area contributed by atoms with Gasteiger partial charge < -0.3 is 11.1 Å². The van der Waals surface area contributed by atoms with Crippen molar-refractivity contribution in [1.82, 2.24) is 9.97 Å². The van der Waals surface area contributed by atoms with E-state index in [4.69, 9.17) is 17.3 Å². The summed E-state index contributed by atoms with van der Waals surface area (Å²) in [6, 6.07) is -0.327. The maximum atomic E-state index is 13.2. The molecule has 1 aromatic heterocycles. The summed E-state index contributed by atoms with van der Waals surface area (Å²) >= 11 is 5.72. The predicted octanol–water partition coefficient (Wildman–Crippen LogP) is 2.70. The van der Waals surface area contributed by atoms with E-state index in [0.29, 0.717) is 18.7 Å². The van der Waals surface area contributed by atoms with Gasteiger partial charge in [-0.2, -0.15) is 0 Å². The molecule has 1 fully saturated rings. The lowest BCUT2D eigenvalue weighted by molar-refractivity contribution is -0.0373. The van der Waals surface area contributed by atoms with Gasteiger partial charge in [-0.05, 0) is 12.8 Å². The van der Waals surface area contributed by atoms with Crippen molar-refractivity contribution in [2.75, 3.05) is 11.1 Å². The highest BCUT2D eigenvalue weighted by Crippen LogP contribution is 2.35. The SMILES string of the molecule is Nc1c(Cl)ncnc1N[C@H]1CCCC(F)(F)C1. The molecule has 0 amide bonds. The van der Waals surface area contributed by atoms with Gasteiger partial charge in [0.05, 0.1) is 0 Å². The number of alkyl halides is 2. The number of aromatic nitrogens is 2. The van der Waals surface area contributed by atoms with Crippen LogP contribution in [0.3, 0.4) is 0 Å². The summed E-state index contributed by atoms with van der Waals surface area (Å²) in [6.07, 6.45) is 2.17. The number of nitrogens with one attached hydrogen (secondary N) is 1. The van der Waals surface area contributed by atoms with Crippen LogP contribution in [0.15, 0.2) is 6.33 Å². The Kier molecular flexibility index (Phi) is 3.33. The van der Waals surface area contributed by atoms with Gasteiger partial charge in [-0.3, -0.25) is 0 Å². The molecule has 7 heteroatoms. The number of rotatable bonds is 2. The Morgan fingerprint density at radius 1 is 1.47 bits per heavy atom. The fourth-order valence-corrected chi connectivity index (χ4v) is 2.11. The summed E-state index contributed by atoms with van der Waals surface area (Å²) in [5.74, 6) is -2.28. The molecule has 94 valence electrons. The van der Waals surface area contributed by atoms with E-state index in [9.17, 15) is 8.78 Å². The van der Waals surface area contributed by atoms with Crippen LogP contribution < -0.4 is 11.1 Å². The van der Waals surface area contributed by atoms with Crippen LogP contribution in [0.4, 0.5) is 20.3 Å². The predicted molar refractivity (Wildman–Crippen MR) is 62.3 cm³/mol. The van der Waals surface area contributed by atoms with Gasteiger partial charge >= 0.3 is 0 Å². The molecule has 0 radical (unpaired) electrons. The summed E-state index contributed by atoms with van der Waals surface area (Å²) in [5, 5.41) is 3.03. The Hall–Kier alpha value is -1.17. The first-order valence-electron chi connectivity index (χ1n) is 5.38. The molecular weight excluding hydrogens is 250 g/mol. The number of halogens is 3. The van der Waals surface area contributed by atoms with Crippen molar-refractivity contribution in [1.29, 1.82) is 0 Å². The molecular formula is C10H13ClF2N4. The van der Waals surface area contributed by atoms with Crippen LogP contribution in [0, 0.1) is 0 Å². The Balaban J connectivity index is 2.08. The number of hydrogen-bond donors (Lipinski definition) is 2. The number of hydrogen-bond acceptors (Lipinski definition) is 4. The van der Waals surface area contributed by atoms with Crippen molar-refractivity contribution < 1.29 is 8.78 Å². The molecule has 0 spiro atoms.